The second kappa shape index (κ2) is 7.87. The number of nitrogens with zero attached hydrogens (tertiary/aromatic N) is 2. The fourth-order valence-corrected chi connectivity index (χ4v) is 4.57. The molecule has 6 nitrogen and oxygen atoms in total. The molecule has 2 amide bonds. The van der Waals surface area contributed by atoms with Gasteiger partial charge >= 0.3 is 0 Å². The molecular weight excluding hydrogens is 368 g/mol. The number of ether oxygens (including phenoxy) is 1. The van der Waals surface area contributed by atoms with E-state index < -0.39 is 5.41 Å². The molecule has 0 unspecified atom stereocenters. The lowest BCUT2D eigenvalue weighted by molar-refractivity contribution is 0.0665. The van der Waals surface area contributed by atoms with Crippen LogP contribution in [0.25, 0.3) is 0 Å². The van der Waals surface area contributed by atoms with E-state index in [0.717, 1.165) is 0 Å². The van der Waals surface area contributed by atoms with Gasteiger partial charge in [0.1, 0.15) is 5.75 Å². The van der Waals surface area contributed by atoms with Gasteiger partial charge in [-0.25, -0.2) is 0 Å². The van der Waals surface area contributed by atoms with Crippen LogP contribution in [0, 0.1) is 11.3 Å². The Morgan fingerprint density at radius 3 is 2.24 bits per heavy atom. The van der Waals surface area contributed by atoms with Crippen LogP contribution in [0.2, 0.25) is 0 Å². The first-order valence-corrected chi connectivity index (χ1v) is 10.0. The van der Waals surface area contributed by atoms with Crippen LogP contribution in [0.5, 0.6) is 5.75 Å². The van der Waals surface area contributed by atoms with E-state index in [2.05, 4.69) is 0 Å². The van der Waals surface area contributed by atoms with Crippen molar-refractivity contribution in [3.8, 4) is 5.75 Å². The van der Waals surface area contributed by atoms with Gasteiger partial charge in [-0.15, -0.1) is 0 Å². The summed E-state index contributed by atoms with van der Waals surface area (Å²) in [5, 5.41) is 10.2. The molecule has 0 saturated carbocycles. The first kappa shape index (κ1) is 19.5. The second-order valence-corrected chi connectivity index (χ2v) is 7.88. The van der Waals surface area contributed by atoms with Crippen LogP contribution < -0.4 is 4.74 Å². The number of hydrogen-bond donors (Lipinski definition) is 1. The lowest BCUT2D eigenvalue weighted by Gasteiger charge is -2.27. The van der Waals surface area contributed by atoms with Crippen LogP contribution in [-0.2, 0) is 0 Å². The Morgan fingerprint density at radius 1 is 1.00 bits per heavy atom. The zero-order valence-corrected chi connectivity index (χ0v) is 16.6. The minimum Gasteiger partial charge on any atom is -0.493 e. The fraction of sp³-hybridized carbons (Fsp3) is 0.391. The van der Waals surface area contributed by atoms with Gasteiger partial charge in [0.15, 0.2) is 0 Å². The minimum absolute atomic E-state index is 0.0209. The lowest BCUT2D eigenvalue weighted by atomic mass is 9.82. The van der Waals surface area contributed by atoms with Crippen LogP contribution in [0.3, 0.4) is 0 Å². The quantitative estimate of drug-likeness (QED) is 0.845. The van der Waals surface area contributed by atoms with E-state index >= 15 is 0 Å². The van der Waals surface area contributed by atoms with Crippen molar-refractivity contribution in [2.45, 2.75) is 6.92 Å². The molecule has 0 spiro atoms. The minimum atomic E-state index is -0.472. The van der Waals surface area contributed by atoms with Crippen molar-refractivity contribution in [3.05, 3.63) is 65.7 Å². The van der Waals surface area contributed by atoms with Crippen molar-refractivity contribution in [1.82, 2.24) is 9.80 Å². The van der Waals surface area contributed by atoms with E-state index in [0.29, 0.717) is 49.7 Å². The van der Waals surface area contributed by atoms with Gasteiger partial charge in [0, 0.05) is 43.1 Å². The molecule has 1 N–H and O–H groups in total. The monoisotopic (exact) mass is 394 g/mol. The summed E-state index contributed by atoms with van der Waals surface area (Å²) in [6.07, 6.45) is 0. The van der Waals surface area contributed by atoms with Crippen molar-refractivity contribution in [2.75, 3.05) is 39.4 Å². The highest BCUT2D eigenvalue weighted by molar-refractivity contribution is 5.97. The molecule has 2 saturated heterocycles. The van der Waals surface area contributed by atoms with E-state index in [4.69, 9.17) is 4.74 Å². The highest BCUT2D eigenvalue weighted by Crippen LogP contribution is 2.43. The van der Waals surface area contributed by atoms with Gasteiger partial charge in [0.25, 0.3) is 11.8 Å². The number of carbonyl (C=O) groups excluding carboxylic acids is 2. The van der Waals surface area contributed by atoms with Crippen LogP contribution >= 0.6 is 0 Å². The Balaban J connectivity index is 1.50. The van der Waals surface area contributed by atoms with E-state index in [1.807, 2.05) is 54.3 Å². The van der Waals surface area contributed by atoms with Gasteiger partial charge in [-0.1, -0.05) is 30.3 Å². The Kier molecular flexibility index (Phi) is 5.28. The third kappa shape index (κ3) is 3.49. The molecule has 2 atom stereocenters. The summed E-state index contributed by atoms with van der Waals surface area (Å²) in [6, 6.07) is 16.5. The van der Waals surface area contributed by atoms with Crippen LogP contribution in [0.15, 0.2) is 54.6 Å². The van der Waals surface area contributed by atoms with Crippen LogP contribution in [-0.4, -0.2) is 66.1 Å². The molecule has 2 aliphatic rings. The summed E-state index contributed by atoms with van der Waals surface area (Å²) in [7, 11) is 0. The molecular formula is C23H26N2O4. The standard InChI is InChI=1S/C23H26N2O4/c1-2-29-20-11-7-6-10-19(20)22(28)25-13-18-12-24(14-23(18,15-25)16-26)21(27)17-8-4-3-5-9-17/h3-11,18,26H,2,12-16H2,1H3/t18-,23+/m1/s1. The van der Waals surface area contributed by atoms with Crippen LogP contribution in [0.4, 0.5) is 0 Å². The van der Waals surface area contributed by atoms with Crippen molar-refractivity contribution in [1.29, 1.82) is 0 Å². The number of benzene rings is 2. The first-order chi connectivity index (χ1) is 14.1. The molecule has 2 aliphatic heterocycles. The Morgan fingerprint density at radius 2 is 1.62 bits per heavy atom. The summed E-state index contributed by atoms with van der Waals surface area (Å²) < 4.78 is 5.61. The maximum atomic E-state index is 13.2. The highest BCUT2D eigenvalue weighted by Gasteiger charge is 2.54. The molecule has 2 heterocycles. The SMILES string of the molecule is CCOc1ccccc1C(=O)N1C[C@H]2CN(C(=O)c3ccccc3)C[C@@]2(CO)C1. The maximum absolute atomic E-state index is 13.2. The van der Waals surface area contributed by atoms with E-state index in [1.54, 1.807) is 17.0 Å². The molecule has 2 fully saturated rings. The number of aliphatic hydroxyl groups excluding tert-OH is 1. The lowest BCUT2D eigenvalue weighted by Crippen LogP contribution is -2.40. The molecule has 152 valence electrons. The van der Waals surface area contributed by atoms with Gasteiger partial charge in [0.2, 0.25) is 0 Å². The third-order valence-electron chi connectivity index (χ3n) is 6.09. The van der Waals surface area contributed by atoms with Crippen molar-refractivity contribution < 1.29 is 19.4 Å². The topological polar surface area (TPSA) is 70.1 Å². The summed E-state index contributed by atoms with van der Waals surface area (Å²) in [6.45, 7) is 4.30. The first-order valence-electron chi connectivity index (χ1n) is 10.0. The molecule has 2 aromatic carbocycles. The Bertz CT molecular complexity index is 901. The molecule has 6 heteroatoms. The average molecular weight is 394 g/mol. The van der Waals surface area contributed by atoms with Crippen molar-refractivity contribution >= 4 is 11.8 Å². The number of carbonyl (C=O) groups is 2. The number of fused-ring (bicyclic) bond motifs is 1. The predicted octanol–water partition coefficient (Wildman–Crippen LogP) is 2.29. The van der Waals surface area contributed by atoms with Crippen LogP contribution in [0.1, 0.15) is 27.6 Å². The number of likely N-dealkylation sites (tertiary alicyclic amines) is 2. The van der Waals surface area contributed by atoms with Gasteiger partial charge in [0.05, 0.1) is 18.8 Å². The summed E-state index contributed by atoms with van der Waals surface area (Å²) >= 11 is 0. The third-order valence-corrected chi connectivity index (χ3v) is 6.09. The van der Waals surface area contributed by atoms with E-state index in [9.17, 15) is 14.7 Å². The summed E-state index contributed by atoms with van der Waals surface area (Å²) in [5.74, 6) is 0.531. The summed E-state index contributed by atoms with van der Waals surface area (Å²) in [5.41, 5.74) is 0.722. The molecule has 0 radical (unpaired) electrons. The number of amides is 2. The number of para-hydroxylation sites is 1. The molecule has 29 heavy (non-hydrogen) atoms. The Labute approximate surface area is 170 Å². The van der Waals surface area contributed by atoms with Crippen molar-refractivity contribution in [2.24, 2.45) is 11.3 Å². The molecule has 4 rings (SSSR count). The van der Waals surface area contributed by atoms with Gasteiger partial charge in [-0.3, -0.25) is 9.59 Å². The smallest absolute Gasteiger partial charge is 0.257 e. The number of hydrogen-bond acceptors (Lipinski definition) is 4. The fourth-order valence-electron chi connectivity index (χ4n) is 4.57. The average Bonchev–Trinajstić information content (AvgIpc) is 3.29. The predicted molar refractivity (Wildman–Crippen MR) is 109 cm³/mol. The van der Waals surface area contributed by atoms with Gasteiger partial charge < -0.3 is 19.6 Å². The van der Waals surface area contributed by atoms with Gasteiger partial charge in [-0.05, 0) is 31.2 Å². The largest absolute Gasteiger partial charge is 0.493 e. The molecule has 0 bridgehead atoms. The van der Waals surface area contributed by atoms with E-state index in [-0.39, 0.29) is 24.3 Å². The summed E-state index contributed by atoms with van der Waals surface area (Å²) in [4.78, 5) is 29.6. The zero-order chi connectivity index (χ0) is 20.4. The van der Waals surface area contributed by atoms with Gasteiger partial charge in [-0.2, -0.15) is 0 Å². The van der Waals surface area contributed by atoms with E-state index in [1.165, 1.54) is 0 Å². The molecule has 0 aliphatic carbocycles. The van der Waals surface area contributed by atoms with Crippen molar-refractivity contribution in [3.63, 3.8) is 0 Å². The highest BCUT2D eigenvalue weighted by atomic mass is 16.5. The molecule has 2 aromatic rings. The zero-order valence-electron chi connectivity index (χ0n) is 16.6. The number of aliphatic hydroxyl groups is 1. The Hall–Kier alpha value is -2.86. The molecule has 0 aromatic heterocycles. The normalized spacial score (nSPS) is 23.2. The second-order valence-electron chi connectivity index (χ2n) is 7.88. The maximum Gasteiger partial charge on any atom is 0.257 e. The number of rotatable bonds is 5.